The number of aromatic nitrogens is 2. The van der Waals surface area contributed by atoms with Gasteiger partial charge in [0.15, 0.2) is 0 Å². The second kappa shape index (κ2) is 8.08. The molecule has 2 aromatic rings. The molecule has 0 aromatic carbocycles. The standard InChI is InChI=1S/C7H8BrNO2S.C4H4BrNS/c1-3-11-7(10)5-6(8)9-4(2)12-5;1-3-6-2-4(5)7-3/h3H2,1-2H3;2H,1H3. The molecule has 0 spiro atoms. The van der Waals surface area contributed by atoms with Crippen molar-refractivity contribution in [1.82, 2.24) is 9.97 Å². The van der Waals surface area contributed by atoms with Crippen molar-refractivity contribution in [1.29, 1.82) is 0 Å². The maximum atomic E-state index is 11.2. The fourth-order valence-electron chi connectivity index (χ4n) is 1.06. The number of nitrogens with zero attached hydrogens (tertiary/aromatic N) is 2. The van der Waals surface area contributed by atoms with Crippen LogP contribution in [0.15, 0.2) is 14.6 Å². The molecule has 0 N–H and O–H groups in total. The van der Waals surface area contributed by atoms with Gasteiger partial charge in [-0.1, -0.05) is 0 Å². The molecule has 8 heteroatoms. The van der Waals surface area contributed by atoms with E-state index in [1.165, 1.54) is 11.3 Å². The first-order valence-electron chi connectivity index (χ1n) is 5.32. The summed E-state index contributed by atoms with van der Waals surface area (Å²) < 4.78 is 6.50. The van der Waals surface area contributed by atoms with Gasteiger partial charge in [0.2, 0.25) is 0 Å². The molecule has 2 rings (SSSR count). The molecule has 0 aliphatic rings. The summed E-state index contributed by atoms with van der Waals surface area (Å²) in [5, 5.41) is 1.96. The van der Waals surface area contributed by atoms with Crippen molar-refractivity contribution < 1.29 is 9.53 Å². The van der Waals surface area contributed by atoms with Crippen molar-refractivity contribution in [2.45, 2.75) is 20.8 Å². The fourth-order valence-corrected chi connectivity index (χ4v) is 3.85. The highest BCUT2D eigenvalue weighted by Gasteiger charge is 2.15. The summed E-state index contributed by atoms with van der Waals surface area (Å²) in [6, 6.07) is 0. The monoisotopic (exact) mass is 426 g/mol. The van der Waals surface area contributed by atoms with Gasteiger partial charge in [-0.25, -0.2) is 14.8 Å². The van der Waals surface area contributed by atoms with Crippen molar-refractivity contribution in [3.63, 3.8) is 0 Å². The average molecular weight is 428 g/mol. The molecule has 104 valence electrons. The minimum absolute atomic E-state index is 0.310. The third kappa shape index (κ3) is 5.68. The molecule has 0 saturated carbocycles. The SMILES string of the molecule is CCOC(=O)c1sc(C)nc1Br.Cc1ncc(Br)s1. The van der Waals surface area contributed by atoms with Gasteiger partial charge in [-0.05, 0) is 52.6 Å². The number of hydrogen-bond acceptors (Lipinski definition) is 6. The molecule has 0 saturated heterocycles. The Kier molecular flexibility index (Phi) is 7.12. The Balaban J connectivity index is 0.000000218. The predicted molar refractivity (Wildman–Crippen MR) is 85.1 cm³/mol. The summed E-state index contributed by atoms with van der Waals surface area (Å²) in [6.07, 6.45) is 1.81. The maximum absolute atomic E-state index is 11.2. The third-order valence-corrected chi connectivity index (χ3v) is 4.93. The smallest absolute Gasteiger partial charge is 0.351 e. The van der Waals surface area contributed by atoms with Gasteiger partial charge < -0.3 is 4.74 Å². The number of carbonyl (C=O) groups is 1. The second-order valence-electron chi connectivity index (χ2n) is 3.26. The van der Waals surface area contributed by atoms with Gasteiger partial charge in [0.25, 0.3) is 0 Å². The highest BCUT2D eigenvalue weighted by Crippen LogP contribution is 2.23. The Morgan fingerprint density at radius 3 is 2.32 bits per heavy atom. The van der Waals surface area contributed by atoms with E-state index in [0.717, 1.165) is 13.8 Å². The summed E-state index contributed by atoms with van der Waals surface area (Å²) in [6.45, 7) is 6.00. The Morgan fingerprint density at radius 2 is 2.00 bits per heavy atom. The Morgan fingerprint density at radius 1 is 1.32 bits per heavy atom. The van der Waals surface area contributed by atoms with Crippen LogP contribution in [0.25, 0.3) is 0 Å². The zero-order chi connectivity index (χ0) is 14.4. The van der Waals surface area contributed by atoms with E-state index in [2.05, 4.69) is 41.8 Å². The van der Waals surface area contributed by atoms with Crippen LogP contribution >= 0.6 is 54.5 Å². The summed E-state index contributed by atoms with van der Waals surface area (Å²) in [5.74, 6) is -0.310. The van der Waals surface area contributed by atoms with Gasteiger partial charge in [0.1, 0.15) is 9.48 Å². The zero-order valence-electron chi connectivity index (χ0n) is 10.6. The molecule has 0 aliphatic carbocycles. The van der Waals surface area contributed by atoms with Crippen LogP contribution < -0.4 is 0 Å². The van der Waals surface area contributed by atoms with Crippen molar-refractivity contribution in [3.8, 4) is 0 Å². The number of ether oxygens (including phenoxy) is 1. The van der Waals surface area contributed by atoms with Crippen LogP contribution in [0.3, 0.4) is 0 Å². The lowest BCUT2D eigenvalue weighted by atomic mass is 10.5. The van der Waals surface area contributed by atoms with Crippen molar-refractivity contribution >= 4 is 60.5 Å². The van der Waals surface area contributed by atoms with E-state index in [1.807, 2.05) is 13.8 Å². The van der Waals surface area contributed by atoms with E-state index in [0.29, 0.717) is 16.1 Å². The topological polar surface area (TPSA) is 52.1 Å². The van der Waals surface area contributed by atoms with Crippen LogP contribution in [0.1, 0.15) is 26.6 Å². The third-order valence-electron chi connectivity index (χ3n) is 1.75. The van der Waals surface area contributed by atoms with Crippen molar-refractivity contribution in [2.24, 2.45) is 0 Å². The Bertz CT molecular complexity index is 538. The first-order chi connectivity index (χ1) is 8.93. The normalized spacial score (nSPS) is 9.74. The number of aryl methyl sites for hydroxylation is 2. The molecule has 0 bridgehead atoms. The number of esters is 1. The summed E-state index contributed by atoms with van der Waals surface area (Å²) in [4.78, 5) is 19.8. The molecule has 19 heavy (non-hydrogen) atoms. The van der Waals surface area contributed by atoms with Gasteiger partial charge in [-0.15, -0.1) is 22.7 Å². The van der Waals surface area contributed by atoms with Crippen molar-refractivity contribution in [3.05, 3.63) is 29.5 Å². The van der Waals surface area contributed by atoms with E-state index < -0.39 is 0 Å². The second-order valence-corrected chi connectivity index (χ2v) is 7.83. The van der Waals surface area contributed by atoms with Crippen LogP contribution in [0.2, 0.25) is 0 Å². The first kappa shape index (κ1) is 16.7. The van der Waals surface area contributed by atoms with Gasteiger partial charge in [0, 0.05) is 0 Å². The van der Waals surface area contributed by atoms with E-state index in [-0.39, 0.29) is 5.97 Å². The Hall–Kier alpha value is -0.310. The van der Waals surface area contributed by atoms with Gasteiger partial charge in [-0.2, -0.15) is 0 Å². The van der Waals surface area contributed by atoms with Crippen LogP contribution in [0.5, 0.6) is 0 Å². The Labute approximate surface area is 136 Å². The molecule has 0 atom stereocenters. The van der Waals surface area contributed by atoms with Crippen LogP contribution in [0, 0.1) is 13.8 Å². The highest BCUT2D eigenvalue weighted by molar-refractivity contribution is 9.11. The lowest BCUT2D eigenvalue weighted by molar-refractivity contribution is 0.0531. The number of rotatable bonds is 2. The zero-order valence-corrected chi connectivity index (χ0v) is 15.4. The number of halogens is 2. The summed E-state index contributed by atoms with van der Waals surface area (Å²) in [7, 11) is 0. The van der Waals surface area contributed by atoms with E-state index in [4.69, 9.17) is 4.74 Å². The van der Waals surface area contributed by atoms with Crippen LogP contribution in [0.4, 0.5) is 0 Å². The molecule has 4 nitrogen and oxygen atoms in total. The largest absolute Gasteiger partial charge is 0.462 e. The van der Waals surface area contributed by atoms with Gasteiger partial charge in [-0.3, -0.25) is 0 Å². The molecular formula is C11H12Br2N2O2S2. The number of carbonyl (C=O) groups excluding carboxylic acids is 1. The minimum atomic E-state index is -0.310. The molecule has 0 amide bonds. The molecule has 0 unspecified atom stereocenters. The van der Waals surface area contributed by atoms with Crippen molar-refractivity contribution in [2.75, 3.05) is 6.61 Å². The molecular weight excluding hydrogens is 416 g/mol. The van der Waals surface area contributed by atoms with Crippen LogP contribution in [-0.2, 0) is 4.74 Å². The molecule has 0 fully saturated rings. The van der Waals surface area contributed by atoms with E-state index >= 15 is 0 Å². The van der Waals surface area contributed by atoms with E-state index in [9.17, 15) is 4.79 Å². The fraction of sp³-hybridized carbons (Fsp3) is 0.364. The highest BCUT2D eigenvalue weighted by atomic mass is 79.9. The summed E-state index contributed by atoms with van der Waals surface area (Å²) in [5.41, 5.74) is 0. The maximum Gasteiger partial charge on any atom is 0.351 e. The molecule has 0 aliphatic heterocycles. The minimum Gasteiger partial charge on any atom is -0.462 e. The molecule has 2 aromatic heterocycles. The predicted octanol–water partition coefficient (Wildman–Crippen LogP) is 4.60. The molecule has 0 radical (unpaired) electrons. The summed E-state index contributed by atoms with van der Waals surface area (Å²) >= 11 is 9.45. The van der Waals surface area contributed by atoms with Gasteiger partial charge >= 0.3 is 5.97 Å². The quantitative estimate of drug-likeness (QED) is 0.657. The van der Waals surface area contributed by atoms with Gasteiger partial charge in [0.05, 0.1) is 26.6 Å². The lowest BCUT2D eigenvalue weighted by Crippen LogP contribution is -2.02. The lowest BCUT2D eigenvalue weighted by Gasteiger charge is -1.96. The molecule has 2 heterocycles. The first-order valence-corrected chi connectivity index (χ1v) is 8.54. The van der Waals surface area contributed by atoms with Crippen LogP contribution in [-0.4, -0.2) is 22.5 Å². The number of thiazole rings is 2. The number of hydrogen-bond donors (Lipinski definition) is 0. The van der Waals surface area contributed by atoms with E-state index in [1.54, 1.807) is 24.5 Å². The average Bonchev–Trinajstić information content (AvgIpc) is 2.85.